The molecule has 0 bridgehead atoms. The molecule has 0 unspecified atom stereocenters. The van der Waals surface area contributed by atoms with Crippen LogP contribution in [0.2, 0.25) is 0 Å². The van der Waals surface area contributed by atoms with Gasteiger partial charge in [-0.05, 0) is 36.6 Å². The molecular weight excluding hydrogens is 322 g/mol. The third-order valence-corrected chi connectivity index (χ3v) is 4.91. The molecule has 0 radical (unpaired) electrons. The molecule has 3 rings (SSSR count). The molecule has 1 saturated heterocycles. The van der Waals surface area contributed by atoms with Crippen LogP contribution in [0.3, 0.4) is 0 Å². The second-order valence-corrected chi connectivity index (χ2v) is 6.98. The van der Waals surface area contributed by atoms with Crippen molar-refractivity contribution in [1.29, 1.82) is 5.26 Å². The van der Waals surface area contributed by atoms with E-state index >= 15 is 0 Å². The van der Waals surface area contributed by atoms with Crippen molar-refractivity contribution in [3.05, 3.63) is 70.8 Å². The Labute approximate surface area is 155 Å². The number of carbonyl (C=O) groups is 1. The third-order valence-electron chi connectivity index (χ3n) is 4.91. The lowest BCUT2D eigenvalue weighted by Crippen LogP contribution is -2.36. The summed E-state index contributed by atoms with van der Waals surface area (Å²) < 4.78 is 0. The van der Waals surface area contributed by atoms with Gasteiger partial charge in [0.05, 0.1) is 18.1 Å². The Hall–Kier alpha value is -2.64. The number of nitriles is 1. The smallest absolute Gasteiger partial charge is 0.227 e. The van der Waals surface area contributed by atoms with E-state index in [1.54, 1.807) is 0 Å². The Kier molecular flexibility index (Phi) is 6.04. The summed E-state index contributed by atoms with van der Waals surface area (Å²) >= 11 is 0. The zero-order valence-electron chi connectivity index (χ0n) is 15.3. The van der Waals surface area contributed by atoms with E-state index in [9.17, 15) is 4.79 Å². The van der Waals surface area contributed by atoms with Crippen LogP contribution < -0.4 is 0 Å². The van der Waals surface area contributed by atoms with Gasteiger partial charge in [0.25, 0.3) is 0 Å². The van der Waals surface area contributed by atoms with E-state index in [0.29, 0.717) is 12.0 Å². The van der Waals surface area contributed by atoms with Crippen LogP contribution in [0.25, 0.3) is 0 Å². The maximum atomic E-state index is 12.6. The van der Waals surface area contributed by atoms with Gasteiger partial charge in [-0.25, -0.2) is 0 Å². The van der Waals surface area contributed by atoms with Crippen molar-refractivity contribution < 1.29 is 4.79 Å². The molecule has 1 aliphatic heterocycles. The first kappa shape index (κ1) is 18.2. The van der Waals surface area contributed by atoms with Crippen LogP contribution in [0, 0.1) is 18.3 Å². The quantitative estimate of drug-likeness (QED) is 0.854. The standard InChI is InChI=1S/C22H25N3O/c1-18-3-5-19(6-4-18)15-22(26)25-12-2-11-24(13-14-25)17-21-9-7-20(16-23)8-10-21/h3-10H,2,11-15,17H2,1H3. The second kappa shape index (κ2) is 8.64. The molecule has 1 heterocycles. The van der Waals surface area contributed by atoms with Gasteiger partial charge in [0.15, 0.2) is 0 Å². The summed E-state index contributed by atoms with van der Waals surface area (Å²) in [6.07, 6.45) is 1.48. The summed E-state index contributed by atoms with van der Waals surface area (Å²) in [4.78, 5) is 17.0. The van der Waals surface area contributed by atoms with Crippen molar-refractivity contribution in [2.45, 2.75) is 26.3 Å². The number of rotatable bonds is 4. The van der Waals surface area contributed by atoms with Crippen LogP contribution in [-0.2, 0) is 17.8 Å². The van der Waals surface area contributed by atoms with Crippen molar-refractivity contribution in [3.63, 3.8) is 0 Å². The molecule has 1 amide bonds. The molecule has 0 aliphatic carbocycles. The average molecular weight is 347 g/mol. The molecule has 134 valence electrons. The van der Waals surface area contributed by atoms with E-state index in [4.69, 9.17) is 5.26 Å². The molecule has 26 heavy (non-hydrogen) atoms. The van der Waals surface area contributed by atoms with Gasteiger partial charge in [0.2, 0.25) is 5.91 Å². The fraction of sp³-hybridized carbons (Fsp3) is 0.364. The monoisotopic (exact) mass is 347 g/mol. The number of hydrogen-bond donors (Lipinski definition) is 0. The second-order valence-electron chi connectivity index (χ2n) is 6.98. The minimum atomic E-state index is 0.217. The normalized spacial score (nSPS) is 15.3. The fourth-order valence-electron chi connectivity index (χ4n) is 3.31. The summed E-state index contributed by atoms with van der Waals surface area (Å²) in [5, 5.41) is 8.89. The zero-order valence-corrected chi connectivity index (χ0v) is 15.3. The molecule has 4 nitrogen and oxygen atoms in total. The van der Waals surface area contributed by atoms with E-state index in [1.807, 2.05) is 41.3 Å². The summed E-state index contributed by atoms with van der Waals surface area (Å²) in [6, 6.07) is 18.1. The molecule has 0 atom stereocenters. The number of carbonyl (C=O) groups excluding carboxylic acids is 1. The van der Waals surface area contributed by atoms with Gasteiger partial charge in [-0.3, -0.25) is 9.69 Å². The van der Waals surface area contributed by atoms with Crippen molar-refractivity contribution in [2.24, 2.45) is 0 Å². The van der Waals surface area contributed by atoms with E-state index in [2.05, 4.69) is 30.0 Å². The van der Waals surface area contributed by atoms with E-state index in [-0.39, 0.29) is 5.91 Å². The largest absolute Gasteiger partial charge is 0.341 e. The summed E-state index contributed by atoms with van der Waals surface area (Å²) in [5.74, 6) is 0.217. The SMILES string of the molecule is Cc1ccc(CC(=O)N2CCCN(Cc3ccc(C#N)cc3)CC2)cc1. The van der Waals surface area contributed by atoms with E-state index in [0.717, 1.165) is 44.7 Å². The first-order valence-corrected chi connectivity index (χ1v) is 9.19. The highest BCUT2D eigenvalue weighted by molar-refractivity contribution is 5.78. The van der Waals surface area contributed by atoms with Crippen LogP contribution in [0.5, 0.6) is 0 Å². The average Bonchev–Trinajstić information content (AvgIpc) is 2.90. The predicted octanol–water partition coefficient (Wildman–Crippen LogP) is 3.14. The highest BCUT2D eigenvalue weighted by Gasteiger charge is 2.19. The van der Waals surface area contributed by atoms with Gasteiger partial charge in [0.1, 0.15) is 0 Å². The maximum Gasteiger partial charge on any atom is 0.227 e. The summed E-state index contributed by atoms with van der Waals surface area (Å²) in [7, 11) is 0. The topological polar surface area (TPSA) is 47.3 Å². The van der Waals surface area contributed by atoms with E-state index < -0.39 is 0 Å². The molecule has 4 heteroatoms. The Bertz CT molecular complexity index is 775. The van der Waals surface area contributed by atoms with Gasteiger partial charge in [-0.2, -0.15) is 5.26 Å². The number of aryl methyl sites for hydroxylation is 1. The summed E-state index contributed by atoms with van der Waals surface area (Å²) in [6.45, 7) is 6.41. The molecule has 0 aromatic heterocycles. The first-order chi connectivity index (χ1) is 12.6. The molecule has 1 aliphatic rings. The maximum absolute atomic E-state index is 12.6. The molecule has 1 fully saturated rings. The van der Waals surface area contributed by atoms with Crippen molar-refractivity contribution in [1.82, 2.24) is 9.80 Å². The Morgan fingerprint density at radius 1 is 0.962 bits per heavy atom. The van der Waals surface area contributed by atoms with E-state index in [1.165, 1.54) is 11.1 Å². The lowest BCUT2D eigenvalue weighted by Gasteiger charge is -2.22. The predicted molar refractivity (Wildman–Crippen MR) is 103 cm³/mol. The Morgan fingerprint density at radius 2 is 1.65 bits per heavy atom. The highest BCUT2D eigenvalue weighted by atomic mass is 16.2. The molecule has 0 spiro atoms. The van der Waals surface area contributed by atoms with Crippen LogP contribution in [0.15, 0.2) is 48.5 Å². The number of benzene rings is 2. The molecule has 2 aromatic rings. The first-order valence-electron chi connectivity index (χ1n) is 9.19. The zero-order chi connectivity index (χ0) is 18.4. The number of nitrogens with zero attached hydrogens (tertiary/aromatic N) is 3. The molecule has 0 N–H and O–H groups in total. The lowest BCUT2D eigenvalue weighted by molar-refractivity contribution is -0.130. The highest BCUT2D eigenvalue weighted by Crippen LogP contribution is 2.12. The number of hydrogen-bond acceptors (Lipinski definition) is 3. The van der Waals surface area contributed by atoms with Crippen LogP contribution in [0.1, 0.15) is 28.7 Å². The van der Waals surface area contributed by atoms with Gasteiger partial charge >= 0.3 is 0 Å². The Morgan fingerprint density at radius 3 is 2.35 bits per heavy atom. The number of amides is 1. The minimum Gasteiger partial charge on any atom is -0.341 e. The van der Waals surface area contributed by atoms with Gasteiger partial charge in [0, 0.05) is 32.7 Å². The van der Waals surface area contributed by atoms with Gasteiger partial charge in [-0.1, -0.05) is 42.0 Å². The summed E-state index contributed by atoms with van der Waals surface area (Å²) in [5.41, 5.74) is 4.20. The van der Waals surface area contributed by atoms with Gasteiger partial charge < -0.3 is 4.90 Å². The van der Waals surface area contributed by atoms with Crippen molar-refractivity contribution in [2.75, 3.05) is 26.2 Å². The lowest BCUT2D eigenvalue weighted by atomic mass is 10.1. The third kappa shape index (κ3) is 4.93. The molecular formula is C22H25N3O. The van der Waals surface area contributed by atoms with Crippen molar-refractivity contribution >= 4 is 5.91 Å². The minimum absolute atomic E-state index is 0.217. The van der Waals surface area contributed by atoms with Crippen LogP contribution in [0.4, 0.5) is 0 Å². The Balaban J connectivity index is 1.53. The van der Waals surface area contributed by atoms with Crippen LogP contribution in [-0.4, -0.2) is 41.9 Å². The van der Waals surface area contributed by atoms with Crippen LogP contribution >= 0.6 is 0 Å². The molecule has 0 saturated carbocycles. The van der Waals surface area contributed by atoms with Crippen molar-refractivity contribution in [3.8, 4) is 6.07 Å². The van der Waals surface area contributed by atoms with Gasteiger partial charge in [-0.15, -0.1) is 0 Å². The fourth-order valence-corrected chi connectivity index (χ4v) is 3.31. The molecule has 2 aromatic carbocycles.